The van der Waals surface area contributed by atoms with Crippen LogP contribution in [0.25, 0.3) is 10.9 Å². The lowest BCUT2D eigenvalue weighted by molar-refractivity contribution is 0.0694. The van der Waals surface area contributed by atoms with Gasteiger partial charge < -0.3 is 9.67 Å². The molecule has 1 aromatic heterocycles. The number of aryl methyl sites for hydroxylation is 1. The SMILES string of the molecule is CCCCCCCn1c(=O)c(C(=O)O)cc2ccccc21. The first-order valence-corrected chi connectivity index (χ1v) is 7.51. The molecule has 0 saturated heterocycles. The Morgan fingerprint density at radius 3 is 2.57 bits per heavy atom. The Kier molecular flexibility index (Phi) is 5.14. The van der Waals surface area contributed by atoms with Crippen molar-refractivity contribution in [1.82, 2.24) is 4.57 Å². The van der Waals surface area contributed by atoms with Gasteiger partial charge in [-0.25, -0.2) is 4.79 Å². The highest BCUT2D eigenvalue weighted by atomic mass is 16.4. The van der Waals surface area contributed by atoms with Crippen molar-refractivity contribution in [1.29, 1.82) is 0 Å². The molecule has 112 valence electrons. The van der Waals surface area contributed by atoms with E-state index in [0.29, 0.717) is 6.54 Å². The second-order valence-corrected chi connectivity index (χ2v) is 5.29. The summed E-state index contributed by atoms with van der Waals surface area (Å²) in [5, 5.41) is 9.97. The molecule has 4 nitrogen and oxygen atoms in total. The van der Waals surface area contributed by atoms with Gasteiger partial charge in [-0.2, -0.15) is 0 Å². The van der Waals surface area contributed by atoms with E-state index in [1.807, 2.05) is 24.3 Å². The summed E-state index contributed by atoms with van der Waals surface area (Å²) in [6.07, 6.45) is 5.49. The van der Waals surface area contributed by atoms with E-state index in [2.05, 4.69) is 6.92 Å². The Balaban J connectivity index is 2.33. The predicted molar refractivity (Wildman–Crippen MR) is 83.9 cm³/mol. The molecular weight excluding hydrogens is 266 g/mol. The summed E-state index contributed by atoms with van der Waals surface area (Å²) in [6.45, 7) is 2.73. The van der Waals surface area contributed by atoms with Crippen LogP contribution < -0.4 is 5.56 Å². The molecule has 2 rings (SSSR count). The topological polar surface area (TPSA) is 59.3 Å². The minimum atomic E-state index is -1.16. The van der Waals surface area contributed by atoms with Crippen LogP contribution in [0.4, 0.5) is 0 Å². The zero-order valence-corrected chi connectivity index (χ0v) is 12.3. The number of unbranched alkanes of at least 4 members (excludes halogenated alkanes) is 4. The third-order valence-electron chi connectivity index (χ3n) is 3.72. The first kappa shape index (κ1) is 15.3. The van der Waals surface area contributed by atoms with Crippen LogP contribution in [0.15, 0.2) is 35.1 Å². The molecule has 21 heavy (non-hydrogen) atoms. The molecule has 0 amide bonds. The van der Waals surface area contributed by atoms with Crippen molar-refractivity contribution in [2.45, 2.75) is 45.6 Å². The van der Waals surface area contributed by atoms with Gasteiger partial charge in [0.2, 0.25) is 0 Å². The molecule has 0 atom stereocenters. The van der Waals surface area contributed by atoms with E-state index in [0.717, 1.165) is 30.2 Å². The van der Waals surface area contributed by atoms with Gasteiger partial charge in [-0.1, -0.05) is 50.8 Å². The summed E-state index contributed by atoms with van der Waals surface area (Å²) in [4.78, 5) is 23.5. The minimum Gasteiger partial charge on any atom is -0.477 e. The monoisotopic (exact) mass is 287 g/mol. The van der Waals surface area contributed by atoms with Crippen molar-refractivity contribution < 1.29 is 9.90 Å². The lowest BCUT2D eigenvalue weighted by atomic mass is 10.1. The van der Waals surface area contributed by atoms with Gasteiger partial charge >= 0.3 is 5.97 Å². The van der Waals surface area contributed by atoms with Gasteiger partial charge in [0.15, 0.2) is 0 Å². The van der Waals surface area contributed by atoms with Crippen LogP contribution in [-0.2, 0) is 6.54 Å². The summed E-state index contributed by atoms with van der Waals surface area (Å²) in [5.41, 5.74) is 0.252. The second-order valence-electron chi connectivity index (χ2n) is 5.29. The average Bonchev–Trinajstić information content (AvgIpc) is 2.48. The van der Waals surface area contributed by atoms with E-state index in [1.165, 1.54) is 18.9 Å². The number of rotatable bonds is 7. The number of benzene rings is 1. The minimum absolute atomic E-state index is 0.151. The third-order valence-corrected chi connectivity index (χ3v) is 3.72. The summed E-state index contributed by atoms with van der Waals surface area (Å²) in [6, 6.07) is 8.90. The van der Waals surface area contributed by atoms with Gasteiger partial charge in [0.05, 0.1) is 5.52 Å². The molecule has 0 aliphatic carbocycles. The number of para-hydroxylation sites is 1. The van der Waals surface area contributed by atoms with E-state index < -0.39 is 11.5 Å². The van der Waals surface area contributed by atoms with Crippen molar-refractivity contribution in [3.63, 3.8) is 0 Å². The fourth-order valence-electron chi connectivity index (χ4n) is 2.58. The number of carbonyl (C=O) groups is 1. The number of hydrogen-bond donors (Lipinski definition) is 1. The van der Waals surface area contributed by atoms with Gasteiger partial charge in [-0.3, -0.25) is 4.79 Å². The second kappa shape index (κ2) is 7.07. The molecule has 2 aromatic rings. The van der Waals surface area contributed by atoms with E-state index in [1.54, 1.807) is 4.57 Å². The van der Waals surface area contributed by atoms with E-state index in [-0.39, 0.29) is 5.56 Å². The molecule has 1 heterocycles. The van der Waals surface area contributed by atoms with Crippen LogP contribution in [0.3, 0.4) is 0 Å². The molecule has 0 aliphatic rings. The van der Waals surface area contributed by atoms with E-state index in [9.17, 15) is 14.7 Å². The number of aromatic nitrogens is 1. The quantitative estimate of drug-likeness (QED) is 0.790. The Morgan fingerprint density at radius 1 is 1.14 bits per heavy atom. The smallest absolute Gasteiger partial charge is 0.341 e. The van der Waals surface area contributed by atoms with Gasteiger partial charge in [-0.15, -0.1) is 0 Å². The molecule has 0 aliphatic heterocycles. The normalized spacial score (nSPS) is 10.9. The van der Waals surface area contributed by atoms with Crippen LogP contribution in [0, 0.1) is 0 Å². The molecule has 0 unspecified atom stereocenters. The number of aromatic carboxylic acids is 1. The Morgan fingerprint density at radius 2 is 1.86 bits per heavy atom. The third kappa shape index (κ3) is 3.51. The standard InChI is InChI=1S/C17H21NO3/c1-2-3-4-5-8-11-18-15-10-7-6-9-13(15)12-14(16(18)19)17(20)21/h6-7,9-10,12H,2-5,8,11H2,1H3,(H,20,21). The Labute approximate surface area is 124 Å². The van der Waals surface area contributed by atoms with Gasteiger partial charge in [0, 0.05) is 6.54 Å². The maximum atomic E-state index is 12.3. The summed E-state index contributed by atoms with van der Waals surface area (Å²) >= 11 is 0. The van der Waals surface area contributed by atoms with Crippen LogP contribution in [0.5, 0.6) is 0 Å². The van der Waals surface area contributed by atoms with Crippen molar-refractivity contribution >= 4 is 16.9 Å². The molecule has 0 radical (unpaired) electrons. The highest BCUT2D eigenvalue weighted by molar-refractivity contribution is 5.92. The molecule has 0 saturated carbocycles. The maximum Gasteiger partial charge on any atom is 0.341 e. The first-order chi connectivity index (χ1) is 10.1. The molecule has 0 fully saturated rings. The highest BCUT2D eigenvalue weighted by Gasteiger charge is 2.14. The van der Waals surface area contributed by atoms with Gasteiger partial charge in [0.25, 0.3) is 5.56 Å². The fraction of sp³-hybridized carbons (Fsp3) is 0.412. The van der Waals surface area contributed by atoms with Crippen LogP contribution in [0.1, 0.15) is 49.4 Å². The molecule has 0 bridgehead atoms. The molecule has 0 spiro atoms. The molecular formula is C17H21NO3. The van der Waals surface area contributed by atoms with E-state index in [4.69, 9.17) is 0 Å². The summed E-state index contributed by atoms with van der Waals surface area (Å²) in [7, 11) is 0. The van der Waals surface area contributed by atoms with Crippen molar-refractivity contribution in [3.05, 3.63) is 46.2 Å². The maximum absolute atomic E-state index is 12.3. The lowest BCUT2D eigenvalue weighted by Crippen LogP contribution is -2.26. The average molecular weight is 287 g/mol. The van der Waals surface area contributed by atoms with Crippen molar-refractivity contribution in [2.24, 2.45) is 0 Å². The first-order valence-electron chi connectivity index (χ1n) is 7.51. The number of carboxylic acids is 1. The van der Waals surface area contributed by atoms with Gasteiger partial charge in [-0.05, 0) is 23.9 Å². The Hall–Kier alpha value is -2.10. The van der Waals surface area contributed by atoms with Gasteiger partial charge in [0.1, 0.15) is 5.56 Å². The Bertz CT molecular complexity index is 688. The fourth-order valence-corrected chi connectivity index (χ4v) is 2.58. The van der Waals surface area contributed by atoms with Crippen molar-refractivity contribution in [2.75, 3.05) is 0 Å². The number of carboxylic acid groups (broad SMARTS) is 1. The van der Waals surface area contributed by atoms with Crippen LogP contribution in [0.2, 0.25) is 0 Å². The van der Waals surface area contributed by atoms with Crippen LogP contribution >= 0.6 is 0 Å². The summed E-state index contributed by atoms with van der Waals surface area (Å²) in [5.74, 6) is -1.16. The molecule has 1 aromatic carbocycles. The number of hydrogen-bond acceptors (Lipinski definition) is 2. The van der Waals surface area contributed by atoms with E-state index >= 15 is 0 Å². The number of fused-ring (bicyclic) bond motifs is 1. The lowest BCUT2D eigenvalue weighted by Gasteiger charge is -2.11. The zero-order chi connectivity index (χ0) is 15.2. The van der Waals surface area contributed by atoms with Crippen LogP contribution in [-0.4, -0.2) is 15.6 Å². The predicted octanol–water partition coefficient (Wildman–Crippen LogP) is 3.67. The largest absolute Gasteiger partial charge is 0.477 e. The number of pyridine rings is 1. The molecule has 4 heteroatoms. The molecule has 1 N–H and O–H groups in total. The summed E-state index contributed by atoms with van der Waals surface area (Å²) < 4.78 is 1.60. The zero-order valence-electron chi connectivity index (χ0n) is 12.3. The number of nitrogens with zero attached hydrogens (tertiary/aromatic N) is 1. The van der Waals surface area contributed by atoms with Crippen molar-refractivity contribution in [3.8, 4) is 0 Å². The highest BCUT2D eigenvalue weighted by Crippen LogP contribution is 2.14.